The molecule has 1 saturated heterocycles. The zero-order valence-electron chi connectivity index (χ0n) is 14.0. The number of sulfone groups is 1. The third-order valence-electron chi connectivity index (χ3n) is 4.13. The van der Waals surface area contributed by atoms with Gasteiger partial charge in [0.25, 0.3) is 0 Å². The van der Waals surface area contributed by atoms with Crippen molar-refractivity contribution in [1.82, 2.24) is 24.9 Å². The van der Waals surface area contributed by atoms with E-state index < -0.39 is 9.84 Å². The molecule has 2 aromatic rings. The van der Waals surface area contributed by atoms with Crippen molar-refractivity contribution in [2.24, 2.45) is 0 Å². The van der Waals surface area contributed by atoms with Crippen LogP contribution in [0.25, 0.3) is 0 Å². The van der Waals surface area contributed by atoms with Crippen LogP contribution in [-0.2, 0) is 27.7 Å². The van der Waals surface area contributed by atoms with E-state index in [0.717, 1.165) is 25.1 Å². The van der Waals surface area contributed by atoms with Gasteiger partial charge in [0.05, 0.1) is 37.3 Å². The molecular formula is C15H23N5O3S. The van der Waals surface area contributed by atoms with Gasteiger partial charge >= 0.3 is 0 Å². The molecule has 8 nitrogen and oxygen atoms in total. The lowest BCUT2D eigenvalue weighted by atomic mass is 10.1. The molecule has 0 spiro atoms. The van der Waals surface area contributed by atoms with Crippen LogP contribution in [0.3, 0.4) is 0 Å². The lowest BCUT2D eigenvalue weighted by Gasteiger charge is -2.35. The van der Waals surface area contributed by atoms with Crippen LogP contribution in [0.15, 0.2) is 23.5 Å². The van der Waals surface area contributed by atoms with Crippen LogP contribution in [0, 0.1) is 0 Å². The molecule has 1 atom stereocenters. The molecule has 9 heteroatoms. The normalized spacial score (nSPS) is 19.7. The Kier molecular flexibility index (Phi) is 5.02. The van der Waals surface area contributed by atoms with Gasteiger partial charge in [0.1, 0.15) is 4.90 Å². The minimum atomic E-state index is -3.33. The highest BCUT2D eigenvalue weighted by atomic mass is 32.2. The number of aromatic nitrogens is 4. The van der Waals surface area contributed by atoms with Crippen molar-refractivity contribution < 1.29 is 13.2 Å². The summed E-state index contributed by atoms with van der Waals surface area (Å²) in [4.78, 5) is 2.45. The molecule has 132 valence electrons. The van der Waals surface area contributed by atoms with Gasteiger partial charge in [-0.2, -0.15) is 10.2 Å². The third-order valence-corrected chi connectivity index (χ3v) is 5.25. The quantitative estimate of drug-likeness (QED) is 0.832. The van der Waals surface area contributed by atoms with Crippen LogP contribution in [0.1, 0.15) is 30.6 Å². The third kappa shape index (κ3) is 3.68. The van der Waals surface area contributed by atoms with Gasteiger partial charge in [0.2, 0.25) is 0 Å². The number of H-pyrrole nitrogens is 1. The van der Waals surface area contributed by atoms with Crippen LogP contribution in [0.5, 0.6) is 0 Å². The SMILES string of the molecule is CCCn1cc(CN2CCOC[C@@H]2c2[nH]ncc2S(C)(=O)=O)cn1. The predicted octanol–water partition coefficient (Wildman–Crippen LogP) is 0.993. The Morgan fingerprint density at radius 3 is 3.00 bits per heavy atom. The molecule has 3 rings (SSSR count). The number of nitrogens with one attached hydrogen (secondary N) is 1. The second kappa shape index (κ2) is 7.04. The van der Waals surface area contributed by atoms with Crippen molar-refractivity contribution in [3.05, 3.63) is 29.8 Å². The van der Waals surface area contributed by atoms with E-state index in [1.807, 2.05) is 17.1 Å². The van der Waals surface area contributed by atoms with E-state index in [1.54, 1.807) is 0 Å². The van der Waals surface area contributed by atoms with Crippen molar-refractivity contribution in [3.8, 4) is 0 Å². The zero-order chi connectivity index (χ0) is 17.2. The summed E-state index contributed by atoms with van der Waals surface area (Å²) in [6.07, 6.45) is 7.52. The summed E-state index contributed by atoms with van der Waals surface area (Å²) in [6.45, 7) is 5.50. The Bertz CT molecular complexity index is 783. The average molecular weight is 353 g/mol. The number of aryl methyl sites for hydroxylation is 1. The lowest BCUT2D eigenvalue weighted by Crippen LogP contribution is -2.39. The summed E-state index contributed by atoms with van der Waals surface area (Å²) in [5.41, 5.74) is 1.70. The Hall–Kier alpha value is -1.71. The molecule has 0 saturated carbocycles. The first-order chi connectivity index (χ1) is 11.5. The highest BCUT2D eigenvalue weighted by Crippen LogP contribution is 2.29. The maximum Gasteiger partial charge on any atom is 0.178 e. The number of aromatic amines is 1. The van der Waals surface area contributed by atoms with E-state index in [4.69, 9.17) is 4.74 Å². The Balaban J connectivity index is 1.82. The van der Waals surface area contributed by atoms with Gasteiger partial charge < -0.3 is 4.74 Å². The molecular weight excluding hydrogens is 330 g/mol. The second-order valence-corrected chi connectivity index (χ2v) is 8.08. The van der Waals surface area contributed by atoms with Gasteiger partial charge in [0, 0.05) is 37.7 Å². The van der Waals surface area contributed by atoms with Crippen LogP contribution in [0.4, 0.5) is 0 Å². The van der Waals surface area contributed by atoms with E-state index >= 15 is 0 Å². The number of hydrogen-bond donors (Lipinski definition) is 1. The van der Waals surface area contributed by atoms with Crippen LogP contribution < -0.4 is 0 Å². The van der Waals surface area contributed by atoms with Crippen molar-refractivity contribution in [3.63, 3.8) is 0 Å². The van der Waals surface area contributed by atoms with E-state index in [2.05, 4.69) is 27.1 Å². The topological polar surface area (TPSA) is 93.1 Å². The fraction of sp³-hybridized carbons (Fsp3) is 0.600. The molecule has 0 aliphatic carbocycles. The number of morpholine rings is 1. The molecule has 1 fully saturated rings. The maximum absolute atomic E-state index is 12.0. The summed E-state index contributed by atoms with van der Waals surface area (Å²) in [6, 6.07) is -0.166. The summed E-state index contributed by atoms with van der Waals surface area (Å²) in [5, 5.41) is 11.1. The van der Waals surface area contributed by atoms with E-state index in [0.29, 0.717) is 25.5 Å². The van der Waals surface area contributed by atoms with E-state index in [9.17, 15) is 8.42 Å². The number of rotatable bonds is 6. The summed E-state index contributed by atoms with van der Waals surface area (Å²) < 4.78 is 31.4. The van der Waals surface area contributed by atoms with Crippen LogP contribution >= 0.6 is 0 Å². The molecule has 3 heterocycles. The Labute approximate surface area is 141 Å². The van der Waals surface area contributed by atoms with E-state index in [-0.39, 0.29) is 10.9 Å². The van der Waals surface area contributed by atoms with Crippen molar-refractivity contribution >= 4 is 9.84 Å². The zero-order valence-corrected chi connectivity index (χ0v) is 14.8. The minimum absolute atomic E-state index is 0.166. The number of nitrogens with zero attached hydrogens (tertiary/aromatic N) is 4. The Morgan fingerprint density at radius 1 is 1.42 bits per heavy atom. The second-order valence-electron chi connectivity index (χ2n) is 6.09. The number of ether oxygens (including phenoxy) is 1. The van der Waals surface area contributed by atoms with Gasteiger partial charge in [-0.05, 0) is 6.42 Å². The van der Waals surface area contributed by atoms with Crippen LogP contribution in [-0.4, -0.2) is 59.3 Å². The molecule has 24 heavy (non-hydrogen) atoms. The van der Waals surface area contributed by atoms with Crippen molar-refractivity contribution in [2.75, 3.05) is 26.0 Å². The summed E-state index contributed by atoms with van der Waals surface area (Å²) in [5.74, 6) is 0. The van der Waals surface area contributed by atoms with E-state index in [1.165, 1.54) is 12.5 Å². The molecule has 2 aromatic heterocycles. The van der Waals surface area contributed by atoms with Gasteiger partial charge in [-0.3, -0.25) is 14.7 Å². The predicted molar refractivity (Wildman–Crippen MR) is 88.2 cm³/mol. The first-order valence-electron chi connectivity index (χ1n) is 8.05. The van der Waals surface area contributed by atoms with Gasteiger partial charge in [-0.25, -0.2) is 8.42 Å². The first kappa shape index (κ1) is 17.1. The first-order valence-corrected chi connectivity index (χ1v) is 9.94. The molecule has 1 aliphatic heterocycles. The maximum atomic E-state index is 12.0. The lowest BCUT2D eigenvalue weighted by molar-refractivity contribution is -0.0152. The van der Waals surface area contributed by atoms with Crippen molar-refractivity contribution in [1.29, 1.82) is 0 Å². The van der Waals surface area contributed by atoms with Crippen molar-refractivity contribution in [2.45, 2.75) is 37.4 Å². The fourth-order valence-electron chi connectivity index (χ4n) is 2.99. The van der Waals surface area contributed by atoms with Crippen LogP contribution in [0.2, 0.25) is 0 Å². The highest BCUT2D eigenvalue weighted by Gasteiger charge is 2.30. The largest absolute Gasteiger partial charge is 0.378 e. The fourth-order valence-corrected chi connectivity index (χ4v) is 3.81. The molecule has 0 aromatic carbocycles. The number of hydrogen-bond acceptors (Lipinski definition) is 6. The molecule has 1 N–H and O–H groups in total. The molecule has 0 amide bonds. The molecule has 0 unspecified atom stereocenters. The van der Waals surface area contributed by atoms with Gasteiger partial charge in [0.15, 0.2) is 9.84 Å². The monoisotopic (exact) mass is 353 g/mol. The molecule has 0 radical (unpaired) electrons. The average Bonchev–Trinajstić information content (AvgIpc) is 3.17. The minimum Gasteiger partial charge on any atom is -0.378 e. The smallest absolute Gasteiger partial charge is 0.178 e. The standard InChI is InChI=1S/C15H23N5O3S/c1-3-4-20-10-12(7-17-20)9-19-5-6-23-11-13(19)15-14(8-16-18-15)24(2,21)22/h7-8,10,13H,3-6,9,11H2,1-2H3,(H,16,18)/t13-/m1/s1. The summed E-state index contributed by atoms with van der Waals surface area (Å²) >= 11 is 0. The Morgan fingerprint density at radius 2 is 2.25 bits per heavy atom. The molecule has 1 aliphatic rings. The van der Waals surface area contributed by atoms with Gasteiger partial charge in [-0.15, -0.1) is 0 Å². The molecule has 0 bridgehead atoms. The van der Waals surface area contributed by atoms with Gasteiger partial charge in [-0.1, -0.05) is 6.92 Å². The summed E-state index contributed by atoms with van der Waals surface area (Å²) in [7, 11) is -3.33. The highest BCUT2D eigenvalue weighted by molar-refractivity contribution is 7.90.